The molecule has 3 unspecified atom stereocenters. The number of ether oxygens (including phenoxy) is 1. The topological polar surface area (TPSA) is 75.6 Å². The molecule has 1 heterocycles. The van der Waals surface area contributed by atoms with Gasteiger partial charge in [-0.2, -0.15) is 0 Å². The third kappa shape index (κ3) is 2.34. The lowest BCUT2D eigenvalue weighted by atomic mass is 9.92. The fourth-order valence-corrected chi connectivity index (χ4v) is 4.47. The zero-order valence-corrected chi connectivity index (χ0v) is 13.0. The molecular formula is C18H21NO4. The van der Waals surface area contributed by atoms with Crippen molar-refractivity contribution in [1.29, 1.82) is 0 Å². The molecule has 0 aromatic heterocycles. The van der Waals surface area contributed by atoms with E-state index >= 15 is 0 Å². The maximum atomic E-state index is 12.8. The highest BCUT2D eigenvalue weighted by atomic mass is 16.5. The van der Waals surface area contributed by atoms with Gasteiger partial charge in [0.15, 0.2) is 0 Å². The van der Waals surface area contributed by atoms with Crippen LogP contribution in [-0.2, 0) is 26.2 Å². The molecule has 1 spiro atoms. The highest BCUT2D eigenvalue weighted by Gasteiger charge is 2.62. The molecule has 1 saturated carbocycles. The molecule has 3 aliphatic rings. The van der Waals surface area contributed by atoms with Crippen LogP contribution >= 0.6 is 0 Å². The molecule has 0 bridgehead atoms. The Bertz CT molecular complexity index is 665. The second kappa shape index (κ2) is 5.06. The zero-order chi connectivity index (χ0) is 16.1. The van der Waals surface area contributed by atoms with Crippen molar-refractivity contribution < 1.29 is 19.4 Å². The van der Waals surface area contributed by atoms with E-state index in [9.17, 15) is 9.59 Å². The van der Waals surface area contributed by atoms with Gasteiger partial charge < -0.3 is 15.2 Å². The van der Waals surface area contributed by atoms with Gasteiger partial charge in [-0.15, -0.1) is 0 Å². The van der Waals surface area contributed by atoms with E-state index < -0.39 is 11.5 Å². The van der Waals surface area contributed by atoms with Crippen molar-refractivity contribution in [3.8, 4) is 0 Å². The number of carboxylic acid groups (broad SMARTS) is 1. The molecule has 5 nitrogen and oxygen atoms in total. The normalized spacial score (nSPS) is 34.3. The molecule has 1 saturated heterocycles. The summed E-state index contributed by atoms with van der Waals surface area (Å²) in [4.78, 5) is 23.9. The Morgan fingerprint density at radius 3 is 2.87 bits per heavy atom. The Morgan fingerprint density at radius 2 is 2.13 bits per heavy atom. The van der Waals surface area contributed by atoms with Crippen molar-refractivity contribution in [3.63, 3.8) is 0 Å². The number of nitrogens with one attached hydrogen (secondary N) is 1. The number of carbonyl (C=O) groups is 2. The van der Waals surface area contributed by atoms with Crippen LogP contribution in [0, 0.1) is 5.92 Å². The quantitative estimate of drug-likeness (QED) is 0.886. The minimum absolute atomic E-state index is 0.00606. The lowest BCUT2D eigenvalue weighted by Gasteiger charge is -2.27. The number of rotatable bonds is 4. The molecule has 1 aromatic rings. The van der Waals surface area contributed by atoms with E-state index in [1.165, 1.54) is 11.1 Å². The van der Waals surface area contributed by atoms with Crippen LogP contribution in [0.2, 0.25) is 0 Å². The van der Waals surface area contributed by atoms with Gasteiger partial charge >= 0.3 is 5.97 Å². The third-order valence-electron chi connectivity index (χ3n) is 5.77. The highest BCUT2D eigenvalue weighted by molar-refractivity contribution is 5.86. The number of benzene rings is 1. The fourth-order valence-electron chi connectivity index (χ4n) is 4.47. The Morgan fingerprint density at radius 1 is 1.30 bits per heavy atom. The van der Waals surface area contributed by atoms with Gasteiger partial charge in [-0.3, -0.25) is 9.59 Å². The average molecular weight is 315 g/mol. The van der Waals surface area contributed by atoms with E-state index in [1.54, 1.807) is 0 Å². The SMILES string of the molecule is O=C(O)CC1(NC(=O)C2CC23CCc2ccccc23)CCOC1. The lowest BCUT2D eigenvalue weighted by Crippen LogP contribution is -2.51. The van der Waals surface area contributed by atoms with E-state index in [2.05, 4.69) is 17.4 Å². The zero-order valence-electron chi connectivity index (χ0n) is 13.0. The molecule has 2 aliphatic carbocycles. The number of aryl methyl sites for hydroxylation is 1. The highest BCUT2D eigenvalue weighted by Crippen LogP contribution is 2.61. The largest absolute Gasteiger partial charge is 0.481 e. The van der Waals surface area contributed by atoms with Gasteiger partial charge in [-0.05, 0) is 36.8 Å². The molecule has 2 N–H and O–H groups in total. The summed E-state index contributed by atoms with van der Waals surface area (Å²) in [7, 11) is 0. The van der Waals surface area contributed by atoms with Gasteiger partial charge in [0.1, 0.15) is 0 Å². The summed E-state index contributed by atoms with van der Waals surface area (Å²) in [6.07, 6.45) is 3.42. The monoisotopic (exact) mass is 315 g/mol. The maximum Gasteiger partial charge on any atom is 0.305 e. The lowest BCUT2D eigenvalue weighted by molar-refractivity contribution is -0.139. The van der Waals surface area contributed by atoms with E-state index in [0.29, 0.717) is 19.6 Å². The molecule has 1 aliphatic heterocycles. The Hall–Kier alpha value is -1.88. The first kappa shape index (κ1) is 14.7. The Labute approximate surface area is 135 Å². The Kier molecular flexibility index (Phi) is 3.23. The van der Waals surface area contributed by atoms with Crippen LogP contribution < -0.4 is 5.32 Å². The molecule has 122 valence electrons. The van der Waals surface area contributed by atoms with Crippen LogP contribution in [0.5, 0.6) is 0 Å². The summed E-state index contributed by atoms with van der Waals surface area (Å²) in [5, 5.41) is 12.2. The summed E-state index contributed by atoms with van der Waals surface area (Å²) >= 11 is 0. The van der Waals surface area contributed by atoms with Crippen molar-refractivity contribution in [2.24, 2.45) is 5.92 Å². The fraction of sp³-hybridized carbons (Fsp3) is 0.556. The number of hydrogen-bond donors (Lipinski definition) is 2. The van der Waals surface area contributed by atoms with Gasteiger partial charge in [0.05, 0.1) is 18.6 Å². The first-order valence-corrected chi connectivity index (χ1v) is 8.25. The molecule has 0 radical (unpaired) electrons. The van der Waals surface area contributed by atoms with Crippen molar-refractivity contribution in [2.75, 3.05) is 13.2 Å². The number of carboxylic acids is 1. The van der Waals surface area contributed by atoms with Crippen LogP contribution in [-0.4, -0.2) is 35.7 Å². The second-order valence-corrected chi connectivity index (χ2v) is 7.21. The molecule has 1 aromatic carbocycles. The molecule has 3 atom stereocenters. The van der Waals surface area contributed by atoms with Crippen LogP contribution in [0.4, 0.5) is 0 Å². The van der Waals surface area contributed by atoms with E-state index in [4.69, 9.17) is 9.84 Å². The van der Waals surface area contributed by atoms with Gasteiger partial charge in [0.25, 0.3) is 0 Å². The predicted octanol–water partition coefficient (Wildman–Crippen LogP) is 1.64. The molecule has 2 fully saturated rings. The standard InChI is InChI=1S/C18H21NO4/c20-15(21)10-17(7-8-23-11-17)19-16(22)14-9-18(14)6-5-12-3-1-2-4-13(12)18/h1-4,14H,5-11H2,(H,19,22)(H,20,21). The van der Waals surface area contributed by atoms with Crippen molar-refractivity contribution in [2.45, 2.75) is 43.1 Å². The van der Waals surface area contributed by atoms with E-state index in [0.717, 1.165) is 19.3 Å². The van der Waals surface area contributed by atoms with Crippen LogP contribution in [0.1, 0.15) is 36.8 Å². The number of fused-ring (bicyclic) bond motifs is 2. The van der Waals surface area contributed by atoms with E-state index in [-0.39, 0.29) is 23.7 Å². The maximum absolute atomic E-state index is 12.8. The molecule has 1 amide bonds. The summed E-state index contributed by atoms with van der Waals surface area (Å²) in [5.41, 5.74) is 1.93. The second-order valence-electron chi connectivity index (χ2n) is 7.21. The number of aliphatic carboxylic acids is 1. The first-order chi connectivity index (χ1) is 11.0. The predicted molar refractivity (Wildman–Crippen MR) is 83.1 cm³/mol. The van der Waals surface area contributed by atoms with E-state index in [1.807, 2.05) is 12.1 Å². The van der Waals surface area contributed by atoms with Crippen LogP contribution in [0.3, 0.4) is 0 Å². The van der Waals surface area contributed by atoms with Crippen molar-refractivity contribution in [1.82, 2.24) is 5.32 Å². The van der Waals surface area contributed by atoms with Crippen molar-refractivity contribution >= 4 is 11.9 Å². The van der Waals surface area contributed by atoms with Crippen molar-refractivity contribution in [3.05, 3.63) is 35.4 Å². The smallest absolute Gasteiger partial charge is 0.305 e. The van der Waals surface area contributed by atoms with Gasteiger partial charge in [0.2, 0.25) is 5.91 Å². The number of carbonyl (C=O) groups excluding carboxylic acids is 1. The summed E-state index contributed by atoms with van der Waals surface area (Å²) < 4.78 is 5.36. The molecular weight excluding hydrogens is 294 g/mol. The summed E-state index contributed by atoms with van der Waals surface area (Å²) in [5.74, 6) is -0.932. The molecule has 4 rings (SSSR count). The Balaban J connectivity index is 1.50. The first-order valence-electron chi connectivity index (χ1n) is 8.25. The van der Waals surface area contributed by atoms with Crippen LogP contribution in [0.25, 0.3) is 0 Å². The van der Waals surface area contributed by atoms with Gasteiger partial charge in [-0.1, -0.05) is 24.3 Å². The van der Waals surface area contributed by atoms with Gasteiger partial charge in [0, 0.05) is 17.9 Å². The minimum Gasteiger partial charge on any atom is -0.481 e. The summed E-state index contributed by atoms with van der Waals surface area (Å²) in [6.45, 7) is 0.799. The van der Waals surface area contributed by atoms with Gasteiger partial charge in [-0.25, -0.2) is 0 Å². The number of hydrogen-bond acceptors (Lipinski definition) is 3. The summed E-state index contributed by atoms with van der Waals surface area (Å²) in [6, 6.07) is 8.37. The average Bonchev–Trinajstić information content (AvgIpc) is 2.89. The minimum atomic E-state index is -0.896. The third-order valence-corrected chi connectivity index (χ3v) is 5.77. The molecule has 23 heavy (non-hydrogen) atoms. The number of amides is 1. The molecule has 5 heteroatoms. The van der Waals surface area contributed by atoms with Crippen LogP contribution in [0.15, 0.2) is 24.3 Å².